The summed E-state index contributed by atoms with van der Waals surface area (Å²) in [7, 11) is 0. The summed E-state index contributed by atoms with van der Waals surface area (Å²) in [4.78, 5) is 22.4. The lowest BCUT2D eigenvalue weighted by molar-refractivity contribution is -0.138. The molecule has 1 atom stereocenters. The number of aliphatic carboxylic acids is 1. The van der Waals surface area contributed by atoms with Crippen LogP contribution in [-0.4, -0.2) is 28.6 Å². The van der Waals surface area contributed by atoms with Gasteiger partial charge in [-0.3, -0.25) is 9.59 Å². The molecule has 0 aliphatic carbocycles. The molecule has 0 aliphatic rings. The number of hydrogen-bond donors (Lipinski definition) is 3. The fraction of sp³-hybridized carbons (Fsp3) is 0.846. The molecular weight excluding hydrogens is 232 g/mol. The number of carbonyl (C=O) groups excluding carboxylic acids is 1. The van der Waals surface area contributed by atoms with E-state index in [4.69, 9.17) is 10.8 Å². The summed E-state index contributed by atoms with van der Waals surface area (Å²) in [5.74, 6) is -1.13. The molecule has 18 heavy (non-hydrogen) atoms. The first kappa shape index (κ1) is 16.9. The van der Waals surface area contributed by atoms with Crippen LogP contribution < -0.4 is 11.1 Å². The van der Waals surface area contributed by atoms with Crippen LogP contribution in [-0.2, 0) is 9.59 Å². The molecule has 0 spiro atoms. The Morgan fingerprint density at radius 3 is 2.11 bits per heavy atom. The maximum absolute atomic E-state index is 11.8. The van der Waals surface area contributed by atoms with Gasteiger partial charge in [-0.15, -0.1) is 0 Å². The molecule has 0 aromatic rings. The molecule has 1 amide bonds. The summed E-state index contributed by atoms with van der Waals surface area (Å²) >= 11 is 0. The highest BCUT2D eigenvalue weighted by Crippen LogP contribution is 2.21. The second kappa shape index (κ2) is 6.18. The Balaban J connectivity index is 4.22. The highest BCUT2D eigenvalue weighted by molar-refractivity contribution is 5.78. The van der Waals surface area contributed by atoms with E-state index in [1.54, 1.807) is 13.8 Å². The molecule has 0 bridgehead atoms. The number of hydrogen-bond acceptors (Lipinski definition) is 3. The minimum atomic E-state index is -0.931. The fourth-order valence-electron chi connectivity index (χ4n) is 1.95. The van der Waals surface area contributed by atoms with Crippen molar-refractivity contribution in [3.63, 3.8) is 0 Å². The van der Waals surface area contributed by atoms with Crippen LogP contribution in [0.15, 0.2) is 0 Å². The van der Waals surface area contributed by atoms with Crippen molar-refractivity contribution in [1.29, 1.82) is 0 Å². The van der Waals surface area contributed by atoms with Crippen molar-refractivity contribution < 1.29 is 14.7 Å². The summed E-state index contributed by atoms with van der Waals surface area (Å²) in [5.41, 5.74) is 5.24. The van der Waals surface area contributed by atoms with Gasteiger partial charge in [-0.25, -0.2) is 0 Å². The van der Waals surface area contributed by atoms with Crippen molar-refractivity contribution in [2.75, 3.05) is 0 Å². The SMILES string of the molecule is CC(C)(C)CC(N)CC(=O)NC(C)(C)CC(=O)O. The number of rotatable bonds is 6. The number of amides is 1. The van der Waals surface area contributed by atoms with Crippen LogP contribution in [0.25, 0.3) is 0 Å². The predicted octanol–water partition coefficient (Wildman–Crippen LogP) is 1.51. The van der Waals surface area contributed by atoms with Crippen molar-refractivity contribution in [2.24, 2.45) is 11.1 Å². The fourth-order valence-corrected chi connectivity index (χ4v) is 1.95. The van der Waals surface area contributed by atoms with Gasteiger partial charge >= 0.3 is 5.97 Å². The van der Waals surface area contributed by atoms with Crippen molar-refractivity contribution in [3.8, 4) is 0 Å². The molecule has 0 saturated carbocycles. The summed E-state index contributed by atoms with van der Waals surface area (Å²) < 4.78 is 0. The zero-order chi connectivity index (χ0) is 14.6. The molecule has 0 saturated heterocycles. The molecule has 0 aromatic heterocycles. The molecule has 0 fully saturated rings. The van der Waals surface area contributed by atoms with Gasteiger partial charge in [0.1, 0.15) is 0 Å². The average Bonchev–Trinajstić information content (AvgIpc) is 1.92. The summed E-state index contributed by atoms with van der Waals surface area (Å²) in [5, 5.41) is 11.4. The molecule has 0 aliphatic heterocycles. The van der Waals surface area contributed by atoms with Crippen molar-refractivity contribution in [1.82, 2.24) is 5.32 Å². The smallest absolute Gasteiger partial charge is 0.305 e. The van der Waals surface area contributed by atoms with Crippen LogP contribution in [0.1, 0.15) is 53.9 Å². The Labute approximate surface area is 109 Å². The number of nitrogens with one attached hydrogen (secondary N) is 1. The quantitative estimate of drug-likeness (QED) is 0.673. The minimum absolute atomic E-state index is 0.0796. The van der Waals surface area contributed by atoms with Crippen LogP contribution in [0.2, 0.25) is 0 Å². The number of carboxylic acids is 1. The lowest BCUT2D eigenvalue weighted by atomic mass is 9.87. The summed E-state index contributed by atoms with van der Waals surface area (Å²) in [6.45, 7) is 9.58. The molecular formula is C13H26N2O3. The van der Waals surface area contributed by atoms with Gasteiger partial charge in [-0.2, -0.15) is 0 Å². The van der Waals surface area contributed by atoms with Gasteiger partial charge in [0.15, 0.2) is 0 Å². The maximum atomic E-state index is 11.8. The Hall–Kier alpha value is -1.10. The Kier molecular flexibility index (Phi) is 5.80. The molecule has 0 aromatic carbocycles. The van der Waals surface area contributed by atoms with Crippen molar-refractivity contribution in [2.45, 2.75) is 65.5 Å². The van der Waals surface area contributed by atoms with Gasteiger partial charge < -0.3 is 16.2 Å². The van der Waals surface area contributed by atoms with Crippen LogP contribution in [0.3, 0.4) is 0 Å². The predicted molar refractivity (Wildman–Crippen MR) is 71.1 cm³/mol. The molecule has 5 nitrogen and oxygen atoms in total. The van der Waals surface area contributed by atoms with E-state index in [-0.39, 0.29) is 30.2 Å². The highest BCUT2D eigenvalue weighted by Gasteiger charge is 2.25. The van der Waals surface area contributed by atoms with E-state index in [9.17, 15) is 9.59 Å². The Bertz CT molecular complexity index is 306. The zero-order valence-electron chi connectivity index (χ0n) is 12.0. The largest absolute Gasteiger partial charge is 0.481 e. The van der Waals surface area contributed by atoms with Crippen molar-refractivity contribution in [3.05, 3.63) is 0 Å². The first-order chi connectivity index (χ1) is 7.91. The second-order valence-corrected chi connectivity index (χ2v) is 6.73. The van der Waals surface area contributed by atoms with Crippen LogP contribution in [0.5, 0.6) is 0 Å². The molecule has 0 heterocycles. The van der Waals surface area contributed by atoms with Gasteiger partial charge in [-0.1, -0.05) is 20.8 Å². The second-order valence-electron chi connectivity index (χ2n) is 6.73. The Morgan fingerprint density at radius 2 is 1.72 bits per heavy atom. The average molecular weight is 258 g/mol. The van der Waals surface area contributed by atoms with Crippen LogP contribution >= 0.6 is 0 Å². The topological polar surface area (TPSA) is 92.4 Å². The number of nitrogens with two attached hydrogens (primary N) is 1. The van der Waals surface area contributed by atoms with E-state index in [2.05, 4.69) is 26.1 Å². The number of carboxylic acid groups (broad SMARTS) is 1. The first-order valence-electron chi connectivity index (χ1n) is 6.20. The van der Waals surface area contributed by atoms with Gasteiger partial charge in [0.2, 0.25) is 5.91 Å². The van der Waals surface area contributed by atoms with E-state index >= 15 is 0 Å². The number of carbonyl (C=O) groups is 2. The first-order valence-corrected chi connectivity index (χ1v) is 6.20. The third-order valence-electron chi connectivity index (χ3n) is 2.39. The van der Waals surface area contributed by atoms with E-state index in [1.807, 2.05) is 0 Å². The summed E-state index contributed by atoms with van der Waals surface area (Å²) in [6.07, 6.45) is 0.868. The molecule has 0 rings (SSSR count). The summed E-state index contributed by atoms with van der Waals surface area (Å²) in [6, 6.07) is -0.203. The van der Waals surface area contributed by atoms with Gasteiger partial charge in [0, 0.05) is 18.0 Å². The van der Waals surface area contributed by atoms with Crippen LogP contribution in [0, 0.1) is 5.41 Å². The lowest BCUT2D eigenvalue weighted by Crippen LogP contribution is -2.46. The van der Waals surface area contributed by atoms with Gasteiger partial charge in [-0.05, 0) is 25.7 Å². The van der Waals surface area contributed by atoms with Gasteiger partial charge in [0.05, 0.1) is 6.42 Å². The zero-order valence-corrected chi connectivity index (χ0v) is 12.0. The molecule has 5 heteroatoms. The third-order valence-corrected chi connectivity index (χ3v) is 2.39. The van der Waals surface area contributed by atoms with E-state index < -0.39 is 11.5 Å². The standard InChI is InChI=1S/C13H26N2O3/c1-12(2,3)7-9(14)6-10(16)15-13(4,5)8-11(17)18/h9H,6-8,14H2,1-5H3,(H,15,16)(H,17,18). The van der Waals surface area contributed by atoms with E-state index in [1.165, 1.54) is 0 Å². The van der Waals surface area contributed by atoms with E-state index in [0.717, 1.165) is 6.42 Å². The lowest BCUT2D eigenvalue weighted by Gasteiger charge is -2.27. The molecule has 4 N–H and O–H groups in total. The molecule has 106 valence electrons. The molecule has 1 unspecified atom stereocenters. The Morgan fingerprint density at radius 1 is 1.22 bits per heavy atom. The normalized spacial score (nSPS) is 14.1. The van der Waals surface area contributed by atoms with Crippen LogP contribution in [0.4, 0.5) is 0 Å². The maximum Gasteiger partial charge on any atom is 0.305 e. The van der Waals surface area contributed by atoms with Gasteiger partial charge in [0.25, 0.3) is 0 Å². The third kappa shape index (κ3) is 8.98. The minimum Gasteiger partial charge on any atom is -0.481 e. The highest BCUT2D eigenvalue weighted by atomic mass is 16.4. The molecule has 0 radical (unpaired) electrons. The van der Waals surface area contributed by atoms with Crippen molar-refractivity contribution >= 4 is 11.9 Å². The van der Waals surface area contributed by atoms with E-state index in [0.29, 0.717) is 0 Å². The monoisotopic (exact) mass is 258 g/mol.